The summed E-state index contributed by atoms with van der Waals surface area (Å²) in [5, 5.41) is 0. The van der Waals surface area contributed by atoms with Gasteiger partial charge in [-0.2, -0.15) is 0 Å². The maximum Gasteiger partial charge on any atom is 0.218 e. The molecule has 0 radical (unpaired) electrons. The van der Waals surface area contributed by atoms with E-state index < -0.39 is 0 Å². The predicted octanol–water partition coefficient (Wildman–Crippen LogP) is 1.67. The van der Waals surface area contributed by atoms with E-state index in [2.05, 4.69) is 14.9 Å². The number of methoxy groups -OCH3 is 1. The van der Waals surface area contributed by atoms with Crippen molar-refractivity contribution in [3.05, 3.63) is 12.4 Å². The van der Waals surface area contributed by atoms with Crippen molar-refractivity contribution in [2.45, 2.75) is 12.8 Å². The fourth-order valence-electron chi connectivity index (χ4n) is 1.93. The van der Waals surface area contributed by atoms with E-state index in [0.717, 1.165) is 31.7 Å². The van der Waals surface area contributed by atoms with E-state index >= 15 is 0 Å². The summed E-state index contributed by atoms with van der Waals surface area (Å²) in [5.74, 6) is 1.65. The van der Waals surface area contributed by atoms with Crippen LogP contribution in [0.2, 0.25) is 0 Å². The second-order valence-electron chi connectivity index (χ2n) is 4.00. The van der Waals surface area contributed by atoms with Gasteiger partial charge in [-0.25, -0.2) is 9.97 Å². The van der Waals surface area contributed by atoms with Crippen LogP contribution in [0.3, 0.4) is 0 Å². The van der Waals surface area contributed by atoms with Gasteiger partial charge < -0.3 is 9.64 Å². The number of aromatic nitrogens is 2. The highest BCUT2D eigenvalue weighted by atomic mass is 19.1. The zero-order valence-electron chi connectivity index (χ0n) is 9.40. The molecular weight excluding hydrogens is 209 g/mol. The summed E-state index contributed by atoms with van der Waals surface area (Å²) < 4.78 is 17.5. The van der Waals surface area contributed by atoms with E-state index in [4.69, 9.17) is 4.74 Å². The van der Waals surface area contributed by atoms with Crippen LogP contribution in [0.5, 0.6) is 5.88 Å². The fraction of sp³-hybridized carbons (Fsp3) is 0.636. The minimum Gasteiger partial charge on any atom is -0.481 e. The SMILES string of the molecule is COc1cc(N2CCC(CF)CC2)ncn1. The van der Waals surface area contributed by atoms with Crippen LogP contribution in [-0.4, -0.2) is 36.8 Å². The molecule has 88 valence electrons. The lowest BCUT2D eigenvalue weighted by Gasteiger charge is -2.31. The Morgan fingerprint density at radius 3 is 2.81 bits per heavy atom. The first-order chi connectivity index (χ1) is 7.83. The predicted molar refractivity (Wildman–Crippen MR) is 59.5 cm³/mol. The van der Waals surface area contributed by atoms with Gasteiger partial charge in [0.2, 0.25) is 5.88 Å². The van der Waals surface area contributed by atoms with Crippen LogP contribution in [0.4, 0.5) is 10.2 Å². The Bertz CT molecular complexity index is 340. The minimum atomic E-state index is -0.207. The molecule has 0 amide bonds. The highest BCUT2D eigenvalue weighted by molar-refractivity contribution is 5.41. The Kier molecular flexibility index (Phi) is 3.54. The van der Waals surface area contributed by atoms with Crippen molar-refractivity contribution in [3.63, 3.8) is 0 Å². The van der Waals surface area contributed by atoms with Crippen molar-refractivity contribution in [1.29, 1.82) is 0 Å². The van der Waals surface area contributed by atoms with Gasteiger partial charge in [0, 0.05) is 19.2 Å². The molecule has 0 unspecified atom stereocenters. The largest absolute Gasteiger partial charge is 0.481 e. The topological polar surface area (TPSA) is 38.2 Å². The second kappa shape index (κ2) is 5.09. The molecule has 2 rings (SSSR count). The number of hydrogen-bond donors (Lipinski definition) is 0. The molecule has 4 nitrogen and oxygen atoms in total. The third kappa shape index (κ3) is 2.40. The summed E-state index contributed by atoms with van der Waals surface area (Å²) in [5.41, 5.74) is 0. The quantitative estimate of drug-likeness (QED) is 0.784. The first-order valence-electron chi connectivity index (χ1n) is 5.50. The third-order valence-corrected chi connectivity index (χ3v) is 2.99. The smallest absolute Gasteiger partial charge is 0.218 e. The number of alkyl halides is 1. The van der Waals surface area contributed by atoms with Crippen molar-refractivity contribution in [2.24, 2.45) is 5.92 Å². The molecule has 1 aliphatic rings. The van der Waals surface area contributed by atoms with Gasteiger partial charge in [0.05, 0.1) is 13.8 Å². The van der Waals surface area contributed by atoms with E-state index in [1.165, 1.54) is 6.33 Å². The van der Waals surface area contributed by atoms with Crippen LogP contribution >= 0.6 is 0 Å². The molecule has 2 heterocycles. The molecule has 0 aromatic carbocycles. The summed E-state index contributed by atoms with van der Waals surface area (Å²) in [6.45, 7) is 1.50. The third-order valence-electron chi connectivity index (χ3n) is 2.99. The molecule has 5 heteroatoms. The van der Waals surface area contributed by atoms with Crippen molar-refractivity contribution in [1.82, 2.24) is 9.97 Å². The maximum atomic E-state index is 12.5. The van der Waals surface area contributed by atoms with Crippen molar-refractivity contribution >= 4 is 5.82 Å². The lowest BCUT2D eigenvalue weighted by molar-refractivity contribution is 0.307. The number of rotatable bonds is 3. The molecule has 1 fully saturated rings. The highest BCUT2D eigenvalue weighted by Gasteiger charge is 2.20. The van der Waals surface area contributed by atoms with Crippen molar-refractivity contribution < 1.29 is 9.13 Å². The normalized spacial score (nSPS) is 17.5. The molecule has 1 saturated heterocycles. The molecule has 1 aliphatic heterocycles. The van der Waals surface area contributed by atoms with Gasteiger partial charge in [0.1, 0.15) is 12.1 Å². The van der Waals surface area contributed by atoms with Crippen LogP contribution in [-0.2, 0) is 0 Å². The Morgan fingerprint density at radius 2 is 2.19 bits per heavy atom. The van der Waals surface area contributed by atoms with Crippen LogP contribution in [0, 0.1) is 5.92 Å². The molecule has 0 saturated carbocycles. The maximum absolute atomic E-state index is 12.5. The number of ether oxygens (including phenoxy) is 1. The van der Waals surface area contributed by atoms with Gasteiger partial charge in [-0.05, 0) is 18.8 Å². The molecule has 0 aliphatic carbocycles. The first-order valence-corrected chi connectivity index (χ1v) is 5.50. The lowest BCUT2D eigenvalue weighted by Crippen LogP contribution is -2.34. The fourth-order valence-corrected chi connectivity index (χ4v) is 1.93. The summed E-state index contributed by atoms with van der Waals surface area (Å²) in [7, 11) is 1.58. The van der Waals surface area contributed by atoms with Gasteiger partial charge in [-0.3, -0.25) is 4.39 Å². The zero-order chi connectivity index (χ0) is 11.4. The summed E-state index contributed by atoms with van der Waals surface area (Å²) in [4.78, 5) is 10.3. The molecule has 0 N–H and O–H groups in total. The average Bonchev–Trinajstić information content (AvgIpc) is 2.39. The molecule has 16 heavy (non-hydrogen) atoms. The van der Waals surface area contributed by atoms with Gasteiger partial charge in [-0.1, -0.05) is 0 Å². The van der Waals surface area contributed by atoms with Crippen molar-refractivity contribution in [2.75, 3.05) is 31.8 Å². The monoisotopic (exact) mass is 225 g/mol. The Balaban J connectivity index is 2.02. The standard InChI is InChI=1S/C11H16FN3O/c1-16-11-6-10(13-8-14-11)15-4-2-9(7-12)3-5-15/h6,8-9H,2-5,7H2,1H3. The molecule has 0 atom stereocenters. The van der Waals surface area contributed by atoms with E-state index in [1.807, 2.05) is 6.07 Å². The van der Waals surface area contributed by atoms with E-state index in [9.17, 15) is 4.39 Å². The number of nitrogens with zero attached hydrogens (tertiary/aromatic N) is 3. The van der Waals surface area contributed by atoms with Gasteiger partial charge in [0.25, 0.3) is 0 Å². The van der Waals surface area contributed by atoms with Gasteiger partial charge in [-0.15, -0.1) is 0 Å². The Morgan fingerprint density at radius 1 is 1.44 bits per heavy atom. The number of anilines is 1. The molecule has 1 aromatic rings. The molecular formula is C11H16FN3O. The molecule has 0 bridgehead atoms. The average molecular weight is 225 g/mol. The summed E-state index contributed by atoms with van der Waals surface area (Å²) in [6.07, 6.45) is 3.28. The number of hydrogen-bond acceptors (Lipinski definition) is 4. The number of halogens is 1. The Labute approximate surface area is 94.5 Å². The molecule has 0 spiro atoms. The van der Waals surface area contributed by atoms with Gasteiger partial charge in [0.15, 0.2) is 0 Å². The van der Waals surface area contributed by atoms with E-state index in [-0.39, 0.29) is 12.6 Å². The lowest BCUT2D eigenvalue weighted by atomic mass is 9.98. The highest BCUT2D eigenvalue weighted by Crippen LogP contribution is 2.23. The first kappa shape index (κ1) is 11.1. The van der Waals surface area contributed by atoms with E-state index in [0.29, 0.717) is 5.88 Å². The van der Waals surface area contributed by atoms with E-state index in [1.54, 1.807) is 7.11 Å². The minimum absolute atomic E-state index is 0.207. The van der Waals surface area contributed by atoms with Crippen LogP contribution in [0.25, 0.3) is 0 Å². The Hall–Kier alpha value is -1.39. The second-order valence-corrected chi connectivity index (χ2v) is 4.00. The van der Waals surface area contributed by atoms with Crippen LogP contribution in [0.15, 0.2) is 12.4 Å². The number of piperidine rings is 1. The summed E-state index contributed by atoms with van der Waals surface area (Å²) in [6, 6.07) is 1.82. The van der Waals surface area contributed by atoms with Crippen LogP contribution < -0.4 is 9.64 Å². The van der Waals surface area contributed by atoms with Gasteiger partial charge >= 0.3 is 0 Å². The molecule has 1 aromatic heterocycles. The van der Waals surface area contributed by atoms with Crippen molar-refractivity contribution in [3.8, 4) is 5.88 Å². The zero-order valence-corrected chi connectivity index (χ0v) is 9.40. The summed E-state index contributed by atoms with van der Waals surface area (Å²) >= 11 is 0. The van der Waals surface area contributed by atoms with Crippen LogP contribution in [0.1, 0.15) is 12.8 Å².